The van der Waals surface area contributed by atoms with E-state index in [0.29, 0.717) is 16.5 Å². The van der Waals surface area contributed by atoms with Crippen LogP contribution >= 0.6 is 27.5 Å². The molecule has 0 aromatic carbocycles. The van der Waals surface area contributed by atoms with Crippen molar-refractivity contribution in [3.05, 3.63) is 33.6 Å². The molecular formula is C9H8BrClN4. The highest BCUT2D eigenvalue weighted by Gasteiger charge is 2.08. The summed E-state index contributed by atoms with van der Waals surface area (Å²) < 4.78 is 2.39. The van der Waals surface area contributed by atoms with Crippen LogP contribution in [0.15, 0.2) is 22.9 Å². The second kappa shape index (κ2) is 3.83. The average molecular weight is 288 g/mol. The van der Waals surface area contributed by atoms with Gasteiger partial charge in [-0.2, -0.15) is 5.10 Å². The van der Waals surface area contributed by atoms with Crippen molar-refractivity contribution in [1.29, 1.82) is 0 Å². The van der Waals surface area contributed by atoms with Gasteiger partial charge in [0.2, 0.25) is 0 Å². The Morgan fingerprint density at radius 3 is 2.80 bits per heavy atom. The fraction of sp³-hybridized carbons (Fsp3) is 0.111. The van der Waals surface area contributed by atoms with Crippen molar-refractivity contribution in [1.82, 2.24) is 14.8 Å². The number of hydrogen-bond acceptors (Lipinski definition) is 3. The number of nitrogens with zero attached hydrogens (tertiary/aromatic N) is 3. The lowest BCUT2D eigenvalue weighted by molar-refractivity contribution is 0.828. The van der Waals surface area contributed by atoms with Gasteiger partial charge in [-0.15, -0.1) is 0 Å². The number of anilines is 1. The Labute approximate surface area is 100 Å². The van der Waals surface area contributed by atoms with Gasteiger partial charge in [-0.25, -0.2) is 9.67 Å². The first kappa shape index (κ1) is 10.4. The summed E-state index contributed by atoms with van der Waals surface area (Å²) in [5, 5.41) is 4.83. The van der Waals surface area contributed by atoms with E-state index < -0.39 is 0 Å². The van der Waals surface area contributed by atoms with Crippen molar-refractivity contribution in [2.75, 3.05) is 5.73 Å². The first-order valence-corrected chi connectivity index (χ1v) is 5.38. The van der Waals surface area contributed by atoms with Gasteiger partial charge in [-0.05, 0) is 28.9 Å². The van der Waals surface area contributed by atoms with Crippen molar-refractivity contribution in [3.63, 3.8) is 0 Å². The van der Waals surface area contributed by atoms with E-state index in [-0.39, 0.29) is 0 Å². The van der Waals surface area contributed by atoms with Gasteiger partial charge >= 0.3 is 0 Å². The molecule has 0 saturated heterocycles. The van der Waals surface area contributed by atoms with E-state index in [1.807, 2.05) is 6.92 Å². The summed E-state index contributed by atoms with van der Waals surface area (Å²) in [7, 11) is 0. The summed E-state index contributed by atoms with van der Waals surface area (Å²) in [6, 6.07) is 1.77. The van der Waals surface area contributed by atoms with Crippen LogP contribution in [0.25, 0.3) is 5.82 Å². The zero-order valence-corrected chi connectivity index (χ0v) is 10.2. The van der Waals surface area contributed by atoms with Crippen LogP contribution in [0, 0.1) is 6.92 Å². The van der Waals surface area contributed by atoms with E-state index in [1.54, 1.807) is 23.1 Å². The van der Waals surface area contributed by atoms with E-state index in [4.69, 9.17) is 17.3 Å². The van der Waals surface area contributed by atoms with Gasteiger partial charge in [-0.3, -0.25) is 0 Å². The van der Waals surface area contributed by atoms with Gasteiger partial charge < -0.3 is 5.73 Å². The molecule has 4 nitrogen and oxygen atoms in total. The minimum Gasteiger partial charge on any atom is -0.397 e. The van der Waals surface area contributed by atoms with Crippen LogP contribution < -0.4 is 5.73 Å². The SMILES string of the molecule is Cc1nn(-c2ncc(N)cc2Br)cc1Cl. The Morgan fingerprint density at radius 2 is 2.27 bits per heavy atom. The predicted octanol–water partition coefficient (Wildman–Crippen LogP) is 2.57. The van der Waals surface area contributed by atoms with Gasteiger partial charge in [0, 0.05) is 0 Å². The minimum absolute atomic E-state index is 0.598. The second-order valence-corrected chi connectivity index (χ2v) is 4.34. The number of rotatable bonds is 1. The minimum atomic E-state index is 0.598. The van der Waals surface area contributed by atoms with Gasteiger partial charge in [0.05, 0.1) is 33.3 Å². The topological polar surface area (TPSA) is 56.7 Å². The van der Waals surface area contributed by atoms with Crippen LogP contribution in [0.2, 0.25) is 5.02 Å². The molecule has 0 amide bonds. The van der Waals surface area contributed by atoms with E-state index >= 15 is 0 Å². The molecule has 0 atom stereocenters. The van der Waals surface area contributed by atoms with E-state index in [1.165, 1.54) is 0 Å². The van der Waals surface area contributed by atoms with Crippen molar-refractivity contribution >= 4 is 33.2 Å². The maximum absolute atomic E-state index is 5.91. The molecule has 0 fully saturated rings. The Morgan fingerprint density at radius 1 is 1.53 bits per heavy atom. The molecule has 2 aromatic rings. The molecule has 0 aliphatic rings. The smallest absolute Gasteiger partial charge is 0.167 e. The Bertz CT molecular complexity index is 489. The molecule has 0 radical (unpaired) electrons. The summed E-state index contributed by atoms with van der Waals surface area (Å²) in [6.07, 6.45) is 3.28. The molecule has 0 aliphatic carbocycles. The highest BCUT2D eigenvalue weighted by Crippen LogP contribution is 2.22. The normalized spacial score (nSPS) is 10.6. The maximum atomic E-state index is 5.91. The number of hydrogen-bond donors (Lipinski definition) is 1. The van der Waals surface area contributed by atoms with Crippen molar-refractivity contribution in [3.8, 4) is 5.82 Å². The molecule has 0 bridgehead atoms. The molecule has 2 heterocycles. The Hall–Kier alpha value is -1.07. The lowest BCUT2D eigenvalue weighted by Crippen LogP contribution is -2.00. The van der Waals surface area contributed by atoms with E-state index in [0.717, 1.165) is 10.2 Å². The zero-order valence-electron chi connectivity index (χ0n) is 7.91. The van der Waals surface area contributed by atoms with Crippen molar-refractivity contribution in [2.24, 2.45) is 0 Å². The number of aryl methyl sites for hydroxylation is 1. The van der Waals surface area contributed by atoms with Gasteiger partial charge in [-0.1, -0.05) is 11.6 Å². The van der Waals surface area contributed by atoms with E-state index in [9.17, 15) is 0 Å². The lowest BCUT2D eigenvalue weighted by Gasteiger charge is -2.03. The van der Waals surface area contributed by atoms with Gasteiger partial charge in [0.25, 0.3) is 0 Å². The third kappa shape index (κ3) is 1.98. The van der Waals surface area contributed by atoms with Crippen molar-refractivity contribution < 1.29 is 0 Å². The molecule has 0 saturated carbocycles. The molecular weight excluding hydrogens is 279 g/mol. The molecule has 2 N–H and O–H groups in total. The largest absolute Gasteiger partial charge is 0.397 e. The molecule has 15 heavy (non-hydrogen) atoms. The van der Waals surface area contributed by atoms with Gasteiger partial charge in [0.1, 0.15) is 0 Å². The monoisotopic (exact) mass is 286 g/mol. The highest BCUT2D eigenvalue weighted by molar-refractivity contribution is 9.10. The number of pyridine rings is 1. The molecule has 78 valence electrons. The van der Waals surface area contributed by atoms with Crippen molar-refractivity contribution in [2.45, 2.75) is 6.92 Å². The molecule has 6 heteroatoms. The van der Waals surface area contributed by atoms with Crippen LogP contribution in [-0.2, 0) is 0 Å². The van der Waals surface area contributed by atoms with Crippen LogP contribution in [0.1, 0.15) is 5.69 Å². The quantitative estimate of drug-likeness (QED) is 0.877. The first-order valence-electron chi connectivity index (χ1n) is 4.21. The fourth-order valence-electron chi connectivity index (χ4n) is 1.16. The average Bonchev–Trinajstić information content (AvgIpc) is 2.46. The summed E-state index contributed by atoms with van der Waals surface area (Å²) in [5.74, 6) is 0.666. The number of halogens is 2. The Balaban J connectivity index is 2.54. The standard InChI is InChI=1S/C9H8BrClN4/c1-5-8(11)4-15(14-5)9-7(10)2-6(12)3-13-9/h2-4H,12H2,1H3. The van der Waals surface area contributed by atoms with Crippen LogP contribution in [0.3, 0.4) is 0 Å². The maximum Gasteiger partial charge on any atom is 0.167 e. The third-order valence-electron chi connectivity index (χ3n) is 1.90. The fourth-order valence-corrected chi connectivity index (χ4v) is 1.84. The van der Waals surface area contributed by atoms with Gasteiger partial charge in [0.15, 0.2) is 5.82 Å². The number of nitrogens with two attached hydrogens (primary N) is 1. The summed E-state index contributed by atoms with van der Waals surface area (Å²) in [6.45, 7) is 1.84. The molecule has 2 aromatic heterocycles. The summed E-state index contributed by atoms with van der Waals surface area (Å²) in [4.78, 5) is 4.17. The van der Waals surface area contributed by atoms with Crippen LogP contribution in [-0.4, -0.2) is 14.8 Å². The van der Waals surface area contributed by atoms with Crippen LogP contribution in [0.4, 0.5) is 5.69 Å². The first-order chi connectivity index (χ1) is 7.08. The predicted molar refractivity (Wildman–Crippen MR) is 63.2 cm³/mol. The van der Waals surface area contributed by atoms with Crippen LogP contribution in [0.5, 0.6) is 0 Å². The number of nitrogen functional groups attached to an aromatic ring is 1. The highest BCUT2D eigenvalue weighted by atomic mass is 79.9. The summed E-state index contributed by atoms with van der Waals surface area (Å²) >= 11 is 9.28. The summed E-state index contributed by atoms with van der Waals surface area (Å²) in [5.41, 5.74) is 6.96. The Kier molecular flexibility index (Phi) is 2.67. The molecule has 0 unspecified atom stereocenters. The second-order valence-electron chi connectivity index (χ2n) is 3.08. The van der Waals surface area contributed by atoms with E-state index in [2.05, 4.69) is 26.0 Å². The molecule has 0 spiro atoms. The number of aromatic nitrogens is 3. The molecule has 0 aliphatic heterocycles. The zero-order chi connectivity index (χ0) is 11.0. The lowest BCUT2D eigenvalue weighted by atomic mass is 10.4. The third-order valence-corrected chi connectivity index (χ3v) is 2.85. The molecule has 2 rings (SSSR count).